The van der Waals surface area contributed by atoms with Crippen molar-refractivity contribution in [3.8, 4) is 0 Å². The number of carboxylic acids is 1. The fourth-order valence-corrected chi connectivity index (χ4v) is 2.76. The van der Waals surface area contributed by atoms with Gasteiger partial charge in [0.25, 0.3) is 11.6 Å². The summed E-state index contributed by atoms with van der Waals surface area (Å²) < 4.78 is 10.4. The molecular weight excluding hydrogens is 314 g/mol. The molecule has 1 amide bonds. The number of hydrogen-bond acceptors (Lipinski definition) is 6. The molecule has 1 aliphatic rings. The van der Waals surface area contributed by atoms with Gasteiger partial charge in [0.05, 0.1) is 23.3 Å². The van der Waals surface area contributed by atoms with Crippen LogP contribution in [0, 0.1) is 6.92 Å². The van der Waals surface area contributed by atoms with Crippen LogP contribution in [0.4, 0.5) is 0 Å². The molecule has 0 spiro atoms. The summed E-state index contributed by atoms with van der Waals surface area (Å²) in [6, 6.07) is 1.66. The number of nitrogens with zero attached hydrogens (tertiary/aromatic N) is 2. The van der Waals surface area contributed by atoms with Crippen molar-refractivity contribution in [2.75, 3.05) is 13.2 Å². The molecule has 1 aliphatic heterocycles. The van der Waals surface area contributed by atoms with E-state index in [1.807, 2.05) is 13.8 Å². The number of carbonyl (C=O) groups is 2. The van der Waals surface area contributed by atoms with Gasteiger partial charge in [-0.05, 0) is 18.9 Å². The molecular formula is C16H19N3O5. The summed E-state index contributed by atoms with van der Waals surface area (Å²) in [5, 5.41) is 16.5. The highest BCUT2D eigenvalue weighted by atomic mass is 16.5. The average Bonchev–Trinajstić information content (AvgIpc) is 3.14. The Kier molecular flexibility index (Phi) is 4.00. The standard InChI is InChI=1S/C16H19N3O5/c1-8(2)11-6-10(12-9(3)19-24-14(12)17-11)13(20)18-16(15(21)22)4-5-23-7-16/h6,8H,4-5,7H2,1-3H3,(H,18,20)(H,21,22). The first kappa shape index (κ1) is 16.4. The normalized spacial score (nSPS) is 20.7. The number of rotatable bonds is 4. The predicted molar refractivity (Wildman–Crippen MR) is 83.9 cm³/mol. The number of nitrogens with one attached hydrogen (secondary N) is 1. The molecule has 1 saturated heterocycles. The third-order valence-corrected chi connectivity index (χ3v) is 4.26. The van der Waals surface area contributed by atoms with E-state index < -0.39 is 17.4 Å². The molecule has 128 valence electrons. The second kappa shape index (κ2) is 5.86. The molecule has 1 unspecified atom stereocenters. The summed E-state index contributed by atoms with van der Waals surface area (Å²) >= 11 is 0. The van der Waals surface area contributed by atoms with Gasteiger partial charge in [0.2, 0.25) is 0 Å². The van der Waals surface area contributed by atoms with Crippen LogP contribution in [0.3, 0.4) is 0 Å². The summed E-state index contributed by atoms with van der Waals surface area (Å²) in [5.41, 5.74) is 0.391. The number of aliphatic carboxylic acids is 1. The Balaban J connectivity index is 2.05. The number of carboxylic acid groups (broad SMARTS) is 1. The van der Waals surface area contributed by atoms with Crippen molar-refractivity contribution in [3.63, 3.8) is 0 Å². The van der Waals surface area contributed by atoms with E-state index in [0.717, 1.165) is 0 Å². The molecule has 1 fully saturated rings. The lowest BCUT2D eigenvalue weighted by atomic mass is 9.97. The molecule has 24 heavy (non-hydrogen) atoms. The summed E-state index contributed by atoms with van der Waals surface area (Å²) in [6.45, 7) is 5.85. The zero-order valence-electron chi connectivity index (χ0n) is 13.8. The van der Waals surface area contributed by atoms with E-state index in [2.05, 4.69) is 15.5 Å². The van der Waals surface area contributed by atoms with Crippen LogP contribution in [-0.2, 0) is 9.53 Å². The Labute approximate surface area is 138 Å². The molecule has 2 N–H and O–H groups in total. The summed E-state index contributed by atoms with van der Waals surface area (Å²) in [7, 11) is 0. The van der Waals surface area contributed by atoms with Crippen LogP contribution in [0.15, 0.2) is 10.6 Å². The molecule has 3 rings (SSSR count). The fourth-order valence-electron chi connectivity index (χ4n) is 2.76. The van der Waals surface area contributed by atoms with Gasteiger partial charge < -0.3 is 19.7 Å². The number of amides is 1. The lowest BCUT2D eigenvalue weighted by molar-refractivity contribution is -0.144. The number of ether oxygens (including phenoxy) is 1. The largest absolute Gasteiger partial charge is 0.479 e. The smallest absolute Gasteiger partial charge is 0.331 e. The van der Waals surface area contributed by atoms with Crippen LogP contribution in [0.1, 0.15) is 47.9 Å². The SMILES string of the molecule is Cc1noc2nc(C(C)C)cc(C(=O)NC3(C(=O)O)CCOC3)c12. The average molecular weight is 333 g/mol. The van der Waals surface area contributed by atoms with Gasteiger partial charge in [0.1, 0.15) is 0 Å². The molecule has 0 saturated carbocycles. The number of carbonyl (C=O) groups excluding carboxylic acids is 1. The number of hydrogen-bond donors (Lipinski definition) is 2. The number of fused-ring (bicyclic) bond motifs is 1. The summed E-state index contributed by atoms with van der Waals surface area (Å²) in [4.78, 5) is 28.8. The van der Waals surface area contributed by atoms with Crippen molar-refractivity contribution in [3.05, 3.63) is 23.0 Å². The molecule has 8 heteroatoms. The van der Waals surface area contributed by atoms with Crippen LogP contribution in [-0.4, -0.2) is 45.9 Å². The first-order valence-electron chi connectivity index (χ1n) is 7.74. The highest BCUT2D eigenvalue weighted by Crippen LogP contribution is 2.26. The molecule has 1 atom stereocenters. The number of aromatic nitrogens is 2. The van der Waals surface area contributed by atoms with E-state index in [-0.39, 0.29) is 24.7 Å². The molecule has 2 aromatic heterocycles. The topological polar surface area (TPSA) is 115 Å². The zero-order chi connectivity index (χ0) is 17.5. The number of aryl methyl sites for hydroxylation is 1. The van der Waals surface area contributed by atoms with Crippen LogP contribution in [0.2, 0.25) is 0 Å². The van der Waals surface area contributed by atoms with Crippen molar-refractivity contribution in [1.82, 2.24) is 15.5 Å². The van der Waals surface area contributed by atoms with Gasteiger partial charge in [0, 0.05) is 18.7 Å². The van der Waals surface area contributed by atoms with Crippen molar-refractivity contribution < 1.29 is 24.0 Å². The van der Waals surface area contributed by atoms with E-state index in [1.54, 1.807) is 13.0 Å². The first-order valence-corrected chi connectivity index (χ1v) is 7.74. The van der Waals surface area contributed by atoms with Crippen LogP contribution in [0.5, 0.6) is 0 Å². The van der Waals surface area contributed by atoms with Gasteiger partial charge in [-0.15, -0.1) is 0 Å². The molecule has 8 nitrogen and oxygen atoms in total. The minimum absolute atomic E-state index is 0.0536. The quantitative estimate of drug-likeness (QED) is 0.873. The Morgan fingerprint density at radius 3 is 2.75 bits per heavy atom. The second-order valence-corrected chi connectivity index (χ2v) is 6.34. The van der Waals surface area contributed by atoms with E-state index >= 15 is 0 Å². The minimum Gasteiger partial charge on any atom is -0.479 e. The fraction of sp³-hybridized carbons (Fsp3) is 0.500. The summed E-state index contributed by atoms with van der Waals surface area (Å²) in [6.07, 6.45) is 0.224. The summed E-state index contributed by atoms with van der Waals surface area (Å²) in [5.74, 6) is -1.53. The monoisotopic (exact) mass is 333 g/mol. The lowest BCUT2D eigenvalue weighted by Gasteiger charge is -2.24. The minimum atomic E-state index is -1.41. The third-order valence-electron chi connectivity index (χ3n) is 4.26. The molecule has 0 bridgehead atoms. The van der Waals surface area contributed by atoms with E-state index in [4.69, 9.17) is 9.26 Å². The van der Waals surface area contributed by atoms with Crippen molar-refractivity contribution in [2.24, 2.45) is 0 Å². The van der Waals surface area contributed by atoms with E-state index in [1.165, 1.54) is 0 Å². The van der Waals surface area contributed by atoms with Crippen molar-refractivity contribution >= 4 is 23.0 Å². The van der Waals surface area contributed by atoms with Gasteiger partial charge in [0.15, 0.2) is 5.54 Å². The zero-order valence-corrected chi connectivity index (χ0v) is 13.8. The second-order valence-electron chi connectivity index (χ2n) is 6.34. The molecule has 0 aromatic carbocycles. The Hall–Kier alpha value is -2.48. The maximum Gasteiger partial charge on any atom is 0.331 e. The van der Waals surface area contributed by atoms with Crippen molar-refractivity contribution in [2.45, 2.75) is 38.6 Å². The molecule has 3 heterocycles. The Bertz CT molecular complexity index is 805. The lowest BCUT2D eigenvalue weighted by Crippen LogP contribution is -2.55. The van der Waals surface area contributed by atoms with Crippen LogP contribution in [0.25, 0.3) is 11.1 Å². The Morgan fingerprint density at radius 2 is 2.17 bits per heavy atom. The van der Waals surface area contributed by atoms with E-state index in [0.29, 0.717) is 28.9 Å². The first-order chi connectivity index (χ1) is 11.3. The predicted octanol–water partition coefficient (Wildman–Crippen LogP) is 1.63. The van der Waals surface area contributed by atoms with Crippen molar-refractivity contribution in [1.29, 1.82) is 0 Å². The maximum atomic E-state index is 12.8. The molecule has 0 radical (unpaired) electrons. The van der Waals surface area contributed by atoms with Gasteiger partial charge in [-0.3, -0.25) is 4.79 Å². The molecule has 2 aromatic rings. The van der Waals surface area contributed by atoms with Crippen LogP contribution < -0.4 is 5.32 Å². The highest BCUT2D eigenvalue weighted by molar-refractivity contribution is 6.07. The van der Waals surface area contributed by atoms with Gasteiger partial charge >= 0.3 is 5.97 Å². The van der Waals surface area contributed by atoms with Crippen LogP contribution >= 0.6 is 0 Å². The van der Waals surface area contributed by atoms with E-state index in [9.17, 15) is 14.7 Å². The maximum absolute atomic E-state index is 12.8. The highest BCUT2D eigenvalue weighted by Gasteiger charge is 2.44. The van der Waals surface area contributed by atoms with Gasteiger partial charge in [-0.1, -0.05) is 19.0 Å². The number of pyridine rings is 1. The molecule has 0 aliphatic carbocycles. The Morgan fingerprint density at radius 1 is 1.42 bits per heavy atom. The van der Waals surface area contributed by atoms with Gasteiger partial charge in [-0.25, -0.2) is 9.78 Å². The third kappa shape index (κ3) is 2.62. The van der Waals surface area contributed by atoms with Gasteiger partial charge in [-0.2, -0.15) is 0 Å².